The number of ether oxygens (including phenoxy) is 1. The van der Waals surface area contributed by atoms with Crippen LogP contribution in [-0.2, 0) is 4.74 Å². The van der Waals surface area contributed by atoms with E-state index in [1.807, 2.05) is 18.2 Å². The van der Waals surface area contributed by atoms with Crippen molar-refractivity contribution >= 4 is 10.9 Å². The molecule has 3 nitrogen and oxygen atoms in total. The quantitative estimate of drug-likeness (QED) is 0.653. The Morgan fingerprint density at radius 1 is 1.40 bits per heavy atom. The molecule has 3 heteroatoms. The summed E-state index contributed by atoms with van der Waals surface area (Å²) in [5.41, 5.74) is 1.89. The van der Waals surface area contributed by atoms with Crippen LogP contribution >= 0.6 is 0 Å². The molecule has 0 radical (unpaired) electrons. The fourth-order valence-electron chi connectivity index (χ4n) is 1.27. The SMILES string of the molecule is COCC#Cc1ccc2ncncc2c1. The molecular weight excluding hydrogens is 188 g/mol. The topological polar surface area (TPSA) is 35.0 Å². The molecular formula is C12H10N2O. The molecule has 1 aromatic carbocycles. The van der Waals surface area contributed by atoms with Crippen LogP contribution in [0.2, 0.25) is 0 Å². The normalized spacial score (nSPS) is 9.67. The summed E-state index contributed by atoms with van der Waals surface area (Å²) >= 11 is 0. The molecule has 0 amide bonds. The van der Waals surface area contributed by atoms with Gasteiger partial charge in [-0.1, -0.05) is 11.8 Å². The van der Waals surface area contributed by atoms with Gasteiger partial charge in [-0.05, 0) is 18.2 Å². The third-order valence-electron chi connectivity index (χ3n) is 1.95. The standard InChI is InChI=1S/C12H10N2O/c1-15-6-2-3-10-4-5-12-11(7-10)8-13-9-14-12/h4-5,7-9H,6H2,1H3. The average Bonchev–Trinajstić information content (AvgIpc) is 2.29. The molecule has 0 saturated heterocycles. The van der Waals surface area contributed by atoms with Crippen molar-refractivity contribution in [2.45, 2.75) is 0 Å². The van der Waals surface area contributed by atoms with E-state index in [0.717, 1.165) is 16.5 Å². The van der Waals surface area contributed by atoms with Crippen LogP contribution in [0.1, 0.15) is 5.56 Å². The van der Waals surface area contributed by atoms with Crippen LogP contribution in [0.3, 0.4) is 0 Å². The van der Waals surface area contributed by atoms with E-state index >= 15 is 0 Å². The Balaban J connectivity index is 2.36. The van der Waals surface area contributed by atoms with Gasteiger partial charge in [-0.15, -0.1) is 0 Å². The van der Waals surface area contributed by atoms with Gasteiger partial charge in [0.05, 0.1) is 5.52 Å². The number of hydrogen-bond acceptors (Lipinski definition) is 3. The molecule has 0 atom stereocenters. The van der Waals surface area contributed by atoms with Crippen molar-refractivity contribution < 1.29 is 4.74 Å². The summed E-state index contributed by atoms with van der Waals surface area (Å²) in [7, 11) is 1.63. The third kappa shape index (κ3) is 2.30. The van der Waals surface area contributed by atoms with E-state index < -0.39 is 0 Å². The van der Waals surface area contributed by atoms with Gasteiger partial charge in [-0.3, -0.25) is 0 Å². The van der Waals surface area contributed by atoms with Crippen molar-refractivity contribution in [3.05, 3.63) is 36.3 Å². The van der Waals surface area contributed by atoms with E-state index in [-0.39, 0.29) is 0 Å². The maximum absolute atomic E-state index is 4.85. The number of hydrogen-bond donors (Lipinski definition) is 0. The summed E-state index contributed by atoms with van der Waals surface area (Å²) in [6.45, 7) is 0.448. The maximum Gasteiger partial charge on any atom is 0.116 e. The third-order valence-corrected chi connectivity index (χ3v) is 1.95. The molecule has 1 heterocycles. The molecule has 0 spiro atoms. The molecule has 1 aromatic heterocycles. The average molecular weight is 198 g/mol. The lowest BCUT2D eigenvalue weighted by molar-refractivity contribution is 0.240. The molecule has 0 unspecified atom stereocenters. The number of rotatable bonds is 1. The molecule has 2 aromatic rings. The fraction of sp³-hybridized carbons (Fsp3) is 0.167. The van der Waals surface area contributed by atoms with E-state index in [9.17, 15) is 0 Å². The zero-order chi connectivity index (χ0) is 10.5. The van der Waals surface area contributed by atoms with Crippen LogP contribution in [0, 0.1) is 11.8 Å². The predicted octanol–water partition coefficient (Wildman–Crippen LogP) is 1.63. The Hall–Kier alpha value is -1.92. The van der Waals surface area contributed by atoms with E-state index in [1.54, 1.807) is 19.6 Å². The van der Waals surface area contributed by atoms with E-state index in [2.05, 4.69) is 21.8 Å². The number of nitrogens with zero attached hydrogens (tertiary/aromatic N) is 2. The van der Waals surface area contributed by atoms with Crippen molar-refractivity contribution in [3.8, 4) is 11.8 Å². The number of benzene rings is 1. The predicted molar refractivity (Wildman–Crippen MR) is 58.3 cm³/mol. The second-order valence-corrected chi connectivity index (χ2v) is 3.03. The van der Waals surface area contributed by atoms with Crippen LogP contribution in [0.4, 0.5) is 0 Å². The lowest BCUT2D eigenvalue weighted by Gasteiger charge is -1.95. The van der Waals surface area contributed by atoms with Gasteiger partial charge in [0.25, 0.3) is 0 Å². The highest BCUT2D eigenvalue weighted by molar-refractivity contribution is 5.78. The highest BCUT2D eigenvalue weighted by atomic mass is 16.5. The monoisotopic (exact) mass is 198 g/mol. The molecule has 2 rings (SSSR count). The van der Waals surface area contributed by atoms with Crippen LogP contribution in [0.5, 0.6) is 0 Å². The number of aromatic nitrogens is 2. The van der Waals surface area contributed by atoms with Gasteiger partial charge in [0.15, 0.2) is 0 Å². The van der Waals surface area contributed by atoms with Gasteiger partial charge in [-0.2, -0.15) is 0 Å². The van der Waals surface area contributed by atoms with Gasteiger partial charge < -0.3 is 4.74 Å². The summed E-state index contributed by atoms with van der Waals surface area (Å²) in [5.74, 6) is 5.91. The fourth-order valence-corrected chi connectivity index (χ4v) is 1.27. The highest BCUT2D eigenvalue weighted by Crippen LogP contribution is 2.11. The molecule has 0 aliphatic heterocycles. The van der Waals surface area contributed by atoms with E-state index in [4.69, 9.17) is 4.74 Å². The first kappa shape index (κ1) is 9.63. The lowest BCUT2D eigenvalue weighted by Crippen LogP contribution is -1.84. The summed E-state index contributed by atoms with van der Waals surface area (Å²) in [6.07, 6.45) is 3.32. The lowest BCUT2D eigenvalue weighted by atomic mass is 10.1. The van der Waals surface area contributed by atoms with Crippen LogP contribution < -0.4 is 0 Å². The van der Waals surface area contributed by atoms with Gasteiger partial charge in [0, 0.05) is 24.3 Å². The zero-order valence-corrected chi connectivity index (χ0v) is 8.40. The minimum Gasteiger partial charge on any atom is -0.372 e. The summed E-state index contributed by atoms with van der Waals surface area (Å²) in [5, 5.41) is 1.00. The molecule has 15 heavy (non-hydrogen) atoms. The van der Waals surface area contributed by atoms with E-state index in [0.29, 0.717) is 6.61 Å². The Kier molecular flexibility index (Phi) is 2.91. The minimum absolute atomic E-state index is 0.448. The summed E-state index contributed by atoms with van der Waals surface area (Å²) in [4.78, 5) is 8.10. The second-order valence-electron chi connectivity index (χ2n) is 3.03. The van der Waals surface area contributed by atoms with Crippen molar-refractivity contribution in [2.75, 3.05) is 13.7 Å². The van der Waals surface area contributed by atoms with Crippen LogP contribution in [0.15, 0.2) is 30.7 Å². The van der Waals surface area contributed by atoms with E-state index in [1.165, 1.54) is 0 Å². The molecule has 0 saturated carbocycles. The van der Waals surface area contributed by atoms with Crippen LogP contribution in [0.25, 0.3) is 10.9 Å². The summed E-state index contributed by atoms with van der Waals surface area (Å²) in [6, 6.07) is 5.85. The molecule has 0 fully saturated rings. The van der Waals surface area contributed by atoms with Gasteiger partial charge in [-0.25, -0.2) is 9.97 Å². The Labute approximate surface area is 88.1 Å². The molecule has 0 aliphatic carbocycles. The largest absolute Gasteiger partial charge is 0.372 e. The number of methoxy groups -OCH3 is 1. The van der Waals surface area contributed by atoms with Gasteiger partial charge in [0.1, 0.15) is 12.9 Å². The van der Waals surface area contributed by atoms with Gasteiger partial charge in [0.2, 0.25) is 0 Å². The first-order valence-electron chi connectivity index (χ1n) is 4.58. The van der Waals surface area contributed by atoms with Gasteiger partial charge >= 0.3 is 0 Å². The highest BCUT2D eigenvalue weighted by Gasteiger charge is 1.94. The zero-order valence-electron chi connectivity index (χ0n) is 8.40. The smallest absolute Gasteiger partial charge is 0.116 e. The Bertz CT molecular complexity index is 526. The Morgan fingerprint density at radius 2 is 2.33 bits per heavy atom. The van der Waals surface area contributed by atoms with Crippen molar-refractivity contribution in [1.29, 1.82) is 0 Å². The first-order chi connectivity index (χ1) is 7.40. The van der Waals surface area contributed by atoms with Crippen molar-refractivity contribution in [3.63, 3.8) is 0 Å². The molecule has 0 N–H and O–H groups in total. The maximum atomic E-state index is 4.85. The first-order valence-corrected chi connectivity index (χ1v) is 4.58. The number of fused-ring (bicyclic) bond motifs is 1. The van der Waals surface area contributed by atoms with Crippen LogP contribution in [-0.4, -0.2) is 23.7 Å². The second kappa shape index (κ2) is 4.54. The minimum atomic E-state index is 0.448. The Morgan fingerprint density at radius 3 is 3.20 bits per heavy atom. The molecule has 74 valence electrons. The summed E-state index contributed by atoms with van der Waals surface area (Å²) < 4.78 is 4.85. The molecule has 0 bridgehead atoms. The molecule has 0 aliphatic rings. The van der Waals surface area contributed by atoms with Crippen molar-refractivity contribution in [2.24, 2.45) is 0 Å². The van der Waals surface area contributed by atoms with Crippen molar-refractivity contribution in [1.82, 2.24) is 9.97 Å².